The Balaban J connectivity index is 1.79. The van der Waals surface area contributed by atoms with Crippen LogP contribution in [-0.4, -0.2) is 22.3 Å². The molecule has 3 rings (SSSR count). The van der Waals surface area contributed by atoms with Crippen molar-refractivity contribution in [3.05, 3.63) is 65.0 Å². The second-order valence-corrected chi connectivity index (χ2v) is 5.26. The van der Waals surface area contributed by atoms with Crippen LogP contribution in [-0.2, 0) is 19.6 Å². The number of amides is 1. The summed E-state index contributed by atoms with van der Waals surface area (Å²) in [5, 5.41) is 3.31. The number of hydrogen-bond donors (Lipinski definition) is 1. The van der Waals surface area contributed by atoms with Crippen molar-refractivity contribution in [3.8, 4) is 0 Å². The molecule has 2 aromatic rings. The molecule has 0 saturated heterocycles. The standard InChI is InChI=1S/C17H19N3O/c1-2-20(12-13-5-7-18-8-6-13)17(21)14-3-4-15-10-19-11-16(15)9-14/h3-9,19H,2,10-12H2,1H3. The monoisotopic (exact) mass is 281 g/mol. The summed E-state index contributed by atoms with van der Waals surface area (Å²) < 4.78 is 0. The highest BCUT2D eigenvalue weighted by molar-refractivity contribution is 5.94. The molecule has 1 aromatic heterocycles. The summed E-state index contributed by atoms with van der Waals surface area (Å²) in [4.78, 5) is 18.5. The van der Waals surface area contributed by atoms with Crippen LogP contribution in [0.25, 0.3) is 0 Å². The van der Waals surface area contributed by atoms with Gasteiger partial charge in [0.15, 0.2) is 0 Å². The molecule has 0 aliphatic carbocycles. The van der Waals surface area contributed by atoms with E-state index in [4.69, 9.17) is 0 Å². The van der Waals surface area contributed by atoms with Gasteiger partial charge in [0.2, 0.25) is 0 Å². The van der Waals surface area contributed by atoms with Gasteiger partial charge in [-0.2, -0.15) is 0 Å². The Bertz CT molecular complexity index is 640. The number of aromatic nitrogens is 1. The summed E-state index contributed by atoms with van der Waals surface area (Å²) in [6, 6.07) is 9.91. The molecule has 1 amide bonds. The van der Waals surface area contributed by atoms with Crippen molar-refractivity contribution in [1.29, 1.82) is 0 Å². The van der Waals surface area contributed by atoms with Crippen molar-refractivity contribution >= 4 is 5.91 Å². The van der Waals surface area contributed by atoms with E-state index in [1.807, 2.05) is 36.1 Å². The van der Waals surface area contributed by atoms with Gasteiger partial charge < -0.3 is 10.2 Å². The third-order valence-electron chi connectivity index (χ3n) is 3.88. The molecule has 1 aliphatic heterocycles. The molecule has 0 spiro atoms. The zero-order chi connectivity index (χ0) is 14.7. The largest absolute Gasteiger partial charge is 0.335 e. The molecule has 2 heterocycles. The molecule has 1 N–H and O–H groups in total. The molecule has 0 bridgehead atoms. The molecule has 1 aliphatic rings. The third kappa shape index (κ3) is 2.95. The number of fused-ring (bicyclic) bond motifs is 1. The van der Waals surface area contributed by atoms with E-state index in [1.165, 1.54) is 11.1 Å². The minimum Gasteiger partial charge on any atom is -0.335 e. The van der Waals surface area contributed by atoms with E-state index in [2.05, 4.69) is 16.4 Å². The first kappa shape index (κ1) is 13.8. The van der Waals surface area contributed by atoms with E-state index >= 15 is 0 Å². The summed E-state index contributed by atoms with van der Waals surface area (Å²) in [6.07, 6.45) is 3.52. The number of pyridine rings is 1. The summed E-state index contributed by atoms with van der Waals surface area (Å²) in [5.74, 6) is 0.0870. The molecule has 0 saturated carbocycles. The van der Waals surface area contributed by atoms with Gasteiger partial charge in [-0.3, -0.25) is 9.78 Å². The quantitative estimate of drug-likeness (QED) is 0.935. The van der Waals surface area contributed by atoms with Gasteiger partial charge in [0.25, 0.3) is 5.91 Å². The van der Waals surface area contributed by atoms with Crippen LogP contribution in [0.1, 0.15) is 34.0 Å². The number of nitrogens with one attached hydrogen (secondary N) is 1. The number of hydrogen-bond acceptors (Lipinski definition) is 3. The molecule has 0 atom stereocenters. The van der Waals surface area contributed by atoms with Crippen LogP contribution in [0.4, 0.5) is 0 Å². The highest BCUT2D eigenvalue weighted by Gasteiger charge is 2.17. The van der Waals surface area contributed by atoms with Crippen molar-refractivity contribution in [2.45, 2.75) is 26.6 Å². The third-order valence-corrected chi connectivity index (χ3v) is 3.88. The fraction of sp³-hybridized carbons (Fsp3) is 0.294. The second-order valence-electron chi connectivity index (χ2n) is 5.26. The topological polar surface area (TPSA) is 45.2 Å². The number of benzene rings is 1. The van der Waals surface area contributed by atoms with Gasteiger partial charge >= 0.3 is 0 Å². The zero-order valence-electron chi connectivity index (χ0n) is 12.2. The van der Waals surface area contributed by atoms with E-state index in [0.29, 0.717) is 13.1 Å². The summed E-state index contributed by atoms with van der Waals surface area (Å²) in [7, 11) is 0. The van der Waals surface area contributed by atoms with E-state index in [-0.39, 0.29) is 5.91 Å². The Labute approximate surface area is 124 Å². The lowest BCUT2D eigenvalue weighted by atomic mass is 10.1. The van der Waals surface area contributed by atoms with Gasteiger partial charge in [0.1, 0.15) is 0 Å². The Hall–Kier alpha value is -2.20. The van der Waals surface area contributed by atoms with Crippen LogP contribution in [0, 0.1) is 0 Å². The smallest absolute Gasteiger partial charge is 0.254 e. The van der Waals surface area contributed by atoms with Crippen LogP contribution in [0.5, 0.6) is 0 Å². The first-order chi connectivity index (χ1) is 10.3. The molecular formula is C17H19N3O. The van der Waals surface area contributed by atoms with Crippen molar-refractivity contribution in [2.75, 3.05) is 6.54 Å². The average Bonchev–Trinajstić information content (AvgIpc) is 3.00. The van der Waals surface area contributed by atoms with Crippen LogP contribution < -0.4 is 5.32 Å². The van der Waals surface area contributed by atoms with Gasteiger partial charge in [-0.05, 0) is 47.9 Å². The maximum Gasteiger partial charge on any atom is 0.254 e. The minimum absolute atomic E-state index is 0.0870. The molecule has 0 fully saturated rings. The molecule has 4 nitrogen and oxygen atoms in total. The molecule has 108 valence electrons. The Morgan fingerprint density at radius 2 is 1.95 bits per heavy atom. The number of carbonyl (C=O) groups is 1. The summed E-state index contributed by atoms with van der Waals surface area (Å²) in [5.41, 5.74) is 4.40. The predicted octanol–water partition coefficient (Wildman–Crippen LogP) is 2.35. The van der Waals surface area contributed by atoms with Crippen molar-refractivity contribution in [3.63, 3.8) is 0 Å². The molecule has 4 heteroatoms. The van der Waals surface area contributed by atoms with Crippen LogP contribution in [0.2, 0.25) is 0 Å². The van der Waals surface area contributed by atoms with Crippen LogP contribution in [0.15, 0.2) is 42.7 Å². The van der Waals surface area contributed by atoms with Gasteiger partial charge in [-0.1, -0.05) is 6.07 Å². The molecule has 1 aromatic carbocycles. The predicted molar refractivity (Wildman–Crippen MR) is 81.6 cm³/mol. The maximum absolute atomic E-state index is 12.7. The van der Waals surface area contributed by atoms with Gasteiger partial charge in [0, 0.05) is 44.1 Å². The van der Waals surface area contributed by atoms with E-state index in [9.17, 15) is 4.79 Å². The van der Waals surface area contributed by atoms with Gasteiger partial charge in [-0.25, -0.2) is 0 Å². The summed E-state index contributed by atoms with van der Waals surface area (Å²) >= 11 is 0. The Morgan fingerprint density at radius 3 is 2.71 bits per heavy atom. The number of nitrogens with zero attached hydrogens (tertiary/aromatic N) is 2. The Kier molecular flexibility index (Phi) is 3.97. The highest BCUT2D eigenvalue weighted by Crippen LogP contribution is 2.18. The molecular weight excluding hydrogens is 262 g/mol. The fourth-order valence-electron chi connectivity index (χ4n) is 2.65. The van der Waals surface area contributed by atoms with Crippen LogP contribution >= 0.6 is 0 Å². The lowest BCUT2D eigenvalue weighted by Crippen LogP contribution is -2.30. The van der Waals surface area contributed by atoms with Gasteiger partial charge in [-0.15, -0.1) is 0 Å². The van der Waals surface area contributed by atoms with Crippen molar-refractivity contribution in [2.24, 2.45) is 0 Å². The zero-order valence-corrected chi connectivity index (χ0v) is 12.2. The van der Waals surface area contributed by atoms with Gasteiger partial charge in [0.05, 0.1) is 0 Å². The maximum atomic E-state index is 12.7. The second kappa shape index (κ2) is 6.06. The van der Waals surface area contributed by atoms with E-state index < -0.39 is 0 Å². The van der Waals surface area contributed by atoms with Crippen molar-refractivity contribution in [1.82, 2.24) is 15.2 Å². The fourth-order valence-corrected chi connectivity index (χ4v) is 2.65. The van der Waals surface area contributed by atoms with Crippen molar-refractivity contribution < 1.29 is 4.79 Å². The normalized spacial score (nSPS) is 13.0. The molecule has 0 radical (unpaired) electrons. The Morgan fingerprint density at radius 1 is 1.19 bits per heavy atom. The SMILES string of the molecule is CCN(Cc1ccncc1)C(=O)c1ccc2c(c1)CNC2. The number of rotatable bonds is 4. The molecule has 0 unspecified atom stereocenters. The minimum atomic E-state index is 0.0870. The summed E-state index contributed by atoms with van der Waals surface area (Å²) in [6.45, 7) is 5.07. The van der Waals surface area contributed by atoms with E-state index in [1.54, 1.807) is 12.4 Å². The first-order valence-corrected chi connectivity index (χ1v) is 7.28. The van der Waals surface area contributed by atoms with Crippen LogP contribution in [0.3, 0.4) is 0 Å². The highest BCUT2D eigenvalue weighted by atomic mass is 16.2. The lowest BCUT2D eigenvalue weighted by molar-refractivity contribution is 0.0752. The molecule has 21 heavy (non-hydrogen) atoms. The first-order valence-electron chi connectivity index (χ1n) is 7.28. The lowest BCUT2D eigenvalue weighted by Gasteiger charge is -2.21. The number of carbonyl (C=O) groups excluding carboxylic acids is 1. The average molecular weight is 281 g/mol. The van der Waals surface area contributed by atoms with E-state index in [0.717, 1.165) is 24.2 Å².